The Morgan fingerprint density at radius 3 is 2.55 bits per heavy atom. The topological polar surface area (TPSA) is 66.0 Å². The molecule has 1 unspecified atom stereocenters. The zero-order chi connectivity index (χ0) is 23.2. The van der Waals surface area contributed by atoms with E-state index in [1.54, 1.807) is 0 Å². The maximum absolute atomic E-state index is 12.9. The fraction of sp³-hybridized carbons (Fsp3) is 0.160. The van der Waals surface area contributed by atoms with Crippen molar-refractivity contribution in [2.45, 2.75) is 30.4 Å². The van der Waals surface area contributed by atoms with Gasteiger partial charge < -0.3 is 16.0 Å². The molecule has 1 atom stereocenters. The molecule has 0 saturated heterocycles. The van der Waals surface area contributed by atoms with Crippen LogP contribution < -0.4 is 16.0 Å². The molecule has 33 heavy (non-hydrogen) atoms. The number of thiazole rings is 1. The lowest BCUT2D eigenvalue weighted by atomic mass is 10.2. The Morgan fingerprint density at radius 1 is 1.00 bits per heavy atom. The molecule has 8 heteroatoms. The van der Waals surface area contributed by atoms with Crippen molar-refractivity contribution in [1.82, 2.24) is 4.98 Å². The van der Waals surface area contributed by atoms with Crippen LogP contribution in [0.4, 0.5) is 16.5 Å². The third-order valence-electron chi connectivity index (χ3n) is 4.84. The molecule has 0 aliphatic rings. The van der Waals surface area contributed by atoms with Gasteiger partial charge in [0.25, 0.3) is 0 Å². The molecule has 0 aliphatic carbocycles. The molecule has 0 aliphatic heterocycles. The van der Waals surface area contributed by atoms with Gasteiger partial charge in [0.2, 0.25) is 5.91 Å². The number of thioether (sulfide) groups is 1. The summed E-state index contributed by atoms with van der Waals surface area (Å²) in [7, 11) is 0. The molecule has 4 rings (SSSR count). The van der Waals surface area contributed by atoms with Crippen LogP contribution in [0.3, 0.4) is 0 Å². The normalized spacial score (nSPS) is 11.7. The first-order chi connectivity index (χ1) is 16.0. The second-order valence-corrected chi connectivity index (χ2v) is 10.2. The summed E-state index contributed by atoms with van der Waals surface area (Å²) in [6, 6.07) is 23.8. The van der Waals surface area contributed by atoms with Crippen LogP contribution >= 0.6 is 35.3 Å². The predicted octanol–water partition coefficient (Wildman–Crippen LogP) is 6.92. The molecule has 0 saturated carbocycles. The first kappa shape index (κ1) is 23.2. The molecular weight excluding hydrogens is 469 g/mol. The number of carbonyl (C=O) groups is 1. The Bertz CT molecular complexity index is 1270. The van der Waals surface area contributed by atoms with Crippen molar-refractivity contribution in [3.05, 3.63) is 78.4 Å². The first-order valence-electron chi connectivity index (χ1n) is 10.6. The third kappa shape index (κ3) is 6.31. The highest BCUT2D eigenvalue weighted by Gasteiger charge is 2.20. The summed E-state index contributed by atoms with van der Waals surface area (Å²) in [5.41, 5.74) is 3.87. The van der Waals surface area contributed by atoms with Crippen LogP contribution in [0, 0.1) is 6.92 Å². The third-order valence-corrected chi connectivity index (χ3v) is 7.33. The van der Waals surface area contributed by atoms with Crippen molar-refractivity contribution < 1.29 is 4.79 Å². The fourth-order valence-electron chi connectivity index (χ4n) is 3.22. The van der Waals surface area contributed by atoms with Gasteiger partial charge in [-0.05, 0) is 73.6 Å². The van der Waals surface area contributed by atoms with Crippen LogP contribution in [0.5, 0.6) is 0 Å². The molecular formula is C25H24N4OS3. The van der Waals surface area contributed by atoms with Crippen molar-refractivity contribution in [3.8, 4) is 0 Å². The zero-order valence-corrected chi connectivity index (χ0v) is 20.7. The van der Waals surface area contributed by atoms with Crippen molar-refractivity contribution >= 4 is 73.1 Å². The van der Waals surface area contributed by atoms with E-state index in [4.69, 9.17) is 12.2 Å². The average molecular weight is 493 g/mol. The van der Waals surface area contributed by atoms with Crippen molar-refractivity contribution in [2.24, 2.45) is 0 Å². The van der Waals surface area contributed by atoms with Crippen molar-refractivity contribution in [1.29, 1.82) is 0 Å². The lowest BCUT2D eigenvalue weighted by Crippen LogP contribution is -2.24. The number of nitrogens with zero attached hydrogens (tertiary/aromatic N) is 1. The van der Waals surface area contributed by atoms with Crippen LogP contribution in [0.25, 0.3) is 10.2 Å². The number of aromatic nitrogens is 1. The van der Waals surface area contributed by atoms with Gasteiger partial charge in [-0.1, -0.05) is 48.6 Å². The molecule has 0 spiro atoms. The standard InChI is InChI=1S/C25H24N4OS3/c1-3-21(23(30)29-25-28-20-13-12-16(2)14-22(20)33-25)32-19-11-7-10-18(15-19)27-24(31)26-17-8-5-4-6-9-17/h4-15,21H,3H2,1-2H3,(H2,26,27,31)(H,28,29,30). The van der Waals surface area contributed by atoms with Crippen LogP contribution in [0.1, 0.15) is 18.9 Å². The van der Waals surface area contributed by atoms with E-state index in [1.165, 1.54) is 28.7 Å². The summed E-state index contributed by atoms with van der Waals surface area (Å²) in [5.74, 6) is -0.0436. The smallest absolute Gasteiger partial charge is 0.239 e. The summed E-state index contributed by atoms with van der Waals surface area (Å²) in [5, 5.41) is 10.3. The Balaban J connectivity index is 1.38. The number of anilines is 3. The Labute approximate surface area is 207 Å². The SMILES string of the molecule is CCC(Sc1cccc(NC(=S)Nc2ccccc2)c1)C(=O)Nc1nc2ccc(C)cc2s1. The number of aryl methyl sites for hydroxylation is 1. The van der Waals surface area contributed by atoms with Gasteiger partial charge in [0.05, 0.1) is 15.5 Å². The van der Waals surface area contributed by atoms with Crippen LogP contribution in [0.15, 0.2) is 77.7 Å². The number of amides is 1. The number of benzene rings is 3. The van der Waals surface area contributed by atoms with Crippen molar-refractivity contribution in [2.75, 3.05) is 16.0 Å². The van der Waals surface area contributed by atoms with Gasteiger partial charge in [-0.25, -0.2) is 4.98 Å². The van der Waals surface area contributed by atoms with E-state index in [-0.39, 0.29) is 11.2 Å². The minimum Gasteiger partial charge on any atom is -0.332 e. The van der Waals surface area contributed by atoms with Crippen LogP contribution in [0.2, 0.25) is 0 Å². The van der Waals surface area contributed by atoms with Gasteiger partial charge >= 0.3 is 0 Å². The van der Waals surface area contributed by atoms with Crippen LogP contribution in [-0.4, -0.2) is 21.3 Å². The minimum absolute atomic E-state index is 0.0436. The highest BCUT2D eigenvalue weighted by molar-refractivity contribution is 8.00. The molecule has 3 N–H and O–H groups in total. The summed E-state index contributed by atoms with van der Waals surface area (Å²) in [6.45, 7) is 4.06. The minimum atomic E-state index is -0.233. The number of para-hydroxylation sites is 1. The molecule has 3 aromatic carbocycles. The van der Waals surface area contributed by atoms with E-state index in [0.717, 1.165) is 26.5 Å². The van der Waals surface area contributed by atoms with E-state index in [9.17, 15) is 4.79 Å². The second-order valence-electron chi connectivity index (χ2n) is 7.47. The monoisotopic (exact) mass is 492 g/mol. The molecule has 1 amide bonds. The lowest BCUT2D eigenvalue weighted by molar-refractivity contribution is -0.115. The summed E-state index contributed by atoms with van der Waals surface area (Å²) < 4.78 is 1.07. The number of fused-ring (bicyclic) bond motifs is 1. The zero-order valence-electron chi connectivity index (χ0n) is 18.3. The molecule has 5 nitrogen and oxygen atoms in total. The Kier molecular flexibility index (Phi) is 7.59. The number of nitrogens with one attached hydrogen (secondary N) is 3. The van der Waals surface area contributed by atoms with E-state index in [2.05, 4.69) is 33.9 Å². The second kappa shape index (κ2) is 10.8. The molecule has 1 heterocycles. The first-order valence-corrected chi connectivity index (χ1v) is 12.7. The number of rotatable bonds is 7. The number of thiocarbonyl (C=S) groups is 1. The average Bonchev–Trinajstić information content (AvgIpc) is 3.19. The predicted molar refractivity (Wildman–Crippen MR) is 146 cm³/mol. The molecule has 0 radical (unpaired) electrons. The molecule has 168 valence electrons. The van der Waals surface area contributed by atoms with E-state index in [1.807, 2.05) is 73.7 Å². The summed E-state index contributed by atoms with van der Waals surface area (Å²) in [4.78, 5) is 18.5. The van der Waals surface area contributed by atoms with Gasteiger partial charge in [0, 0.05) is 16.3 Å². The maximum Gasteiger partial charge on any atom is 0.239 e. The highest BCUT2D eigenvalue weighted by atomic mass is 32.2. The van der Waals surface area contributed by atoms with Gasteiger partial charge in [0.1, 0.15) is 0 Å². The van der Waals surface area contributed by atoms with Crippen molar-refractivity contribution in [3.63, 3.8) is 0 Å². The lowest BCUT2D eigenvalue weighted by Gasteiger charge is -2.15. The van der Waals surface area contributed by atoms with E-state index >= 15 is 0 Å². The molecule has 0 bridgehead atoms. The van der Waals surface area contributed by atoms with E-state index < -0.39 is 0 Å². The maximum atomic E-state index is 12.9. The quantitative estimate of drug-likeness (QED) is 0.192. The Hall–Kier alpha value is -2.94. The number of hydrogen-bond donors (Lipinski definition) is 3. The van der Waals surface area contributed by atoms with Gasteiger partial charge in [-0.15, -0.1) is 11.8 Å². The number of hydrogen-bond acceptors (Lipinski definition) is 5. The summed E-state index contributed by atoms with van der Waals surface area (Å²) in [6.07, 6.45) is 0.701. The Morgan fingerprint density at radius 2 is 1.76 bits per heavy atom. The van der Waals surface area contributed by atoms with Gasteiger partial charge in [-0.2, -0.15) is 0 Å². The highest BCUT2D eigenvalue weighted by Crippen LogP contribution is 2.31. The van der Waals surface area contributed by atoms with Gasteiger partial charge in [-0.3, -0.25) is 4.79 Å². The van der Waals surface area contributed by atoms with Crippen LogP contribution in [-0.2, 0) is 4.79 Å². The molecule has 4 aromatic rings. The fourth-order valence-corrected chi connectivity index (χ4v) is 5.44. The van der Waals surface area contributed by atoms with E-state index in [0.29, 0.717) is 16.7 Å². The molecule has 0 fully saturated rings. The van der Waals surface area contributed by atoms with Gasteiger partial charge in [0.15, 0.2) is 10.2 Å². The number of carbonyl (C=O) groups excluding carboxylic acids is 1. The summed E-state index contributed by atoms with van der Waals surface area (Å²) >= 11 is 8.45. The molecule has 1 aromatic heterocycles. The largest absolute Gasteiger partial charge is 0.332 e.